The molecular formula is C24H21ClFN9O. The fraction of sp³-hybridized carbons (Fsp3) is 0.250. The van der Waals surface area contributed by atoms with Crippen molar-refractivity contribution in [3.05, 3.63) is 70.8 Å². The van der Waals surface area contributed by atoms with Crippen molar-refractivity contribution in [3.63, 3.8) is 0 Å². The van der Waals surface area contributed by atoms with Crippen molar-refractivity contribution >= 4 is 28.9 Å². The quantitative estimate of drug-likeness (QED) is 0.432. The number of nitrogens with one attached hydrogen (secondary N) is 1. The number of anilines is 1. The third kappa shape index (κ3) is 3.54. The largest absolute Gasteiger partial charge is 0.383 e. The number of nitrogens with two attached hydrogens (primary N) is 1. The monoisotopic (exact) mass is 505 g/mol. The van der Waals surface area contributed by atoms with Gasteiger partial charge in [-0.05, 0) is 60.4 Å². The Hall–Kier alpha value is -4.12. The number of amides is 1. The zero-order chi connectivity index (χ0) is 25.0. The van der Waals surface area contributed by atoms with Crippen LogP contribution >= 0.6 is 11.6 Å². The van der Waals surface area contributed by atoms with Gasteiger partial charge in [0.2, 0.25) is 5.91 Å². The maximum Gasteiger partial charge on any atom is 0.247 e. The van der Waals surface area contributed by atoms with Gasteiger partial charge in [-0.25, -0.2) is 14.4 Å². The van der Waals surface area contributed by atoms with Crippen LogP contribution in [0.25, 0.3) is 22.5 Å². The molecular weight excluding hydrogens is 485 g/mol. The summed E-state index contributed by atoms with van der Waals surface area (Å²) in [5.41, 5.74) is 9.77. The van der Waals surface area contributed by atoms with Crippen molar-refractivity contribution in [2.24, 2.45) is 0 Å². The van der Waals surface area contributed by atoms with Gasteiger partial charge in [0.05, 0.1) is 28.6 Å². The van der Waals surface area contributed by atoms with E-state index in [9.17, 15) is 4.79 Å². The Morgan fingerprint density at radius 2 is 2.08 bits per heavy atom. The predicted molar refractivity (Wildman–Crippen MR) is 130 cm³/mol. The number of tetrazole rings is 1. The van der Waals surface area contributed by atoms with Gasteiger partial charge in [0, 0.05) is 35.0 Å². The van der Waals surface area contributed by atoms with Gasteiger partial charge >= 0.3 is 0 Å². The molecule has 1 saturated heterocycles. The zero-order valence-corrected chi connectivity index (χ0v) is 19.9. The summed E-state index contributed by atoms with van der Waals surface area (Å²) in [4.78, 5) is 27.3. The van der Waals surface area contributed by atoms with Crippen LogP contribution in [0.2, 0.25) is 5.02 Å². The van der Waals surface area contributed by atoms with E-state index in [0.717, 1.165) is 29.7 Å². The molecule has 182 valence electrons. The fourth-order valence-corrected chi connectivity index (χ4v) is 5.35. The second-order valence-corrected chi connectivity index (χ2v) is 9.33. The van der Waals surface area contributed by atoms with Crippen LogP contribution in [-0.4, -0.2) is 52.0 Å². The van der Waals surface area contributed by atoms with E-state index >= 15 is 4.39 Å². The minimum atomic E-state index is -0.602. The molecule has 3 aromatic heterocycles. The van der Waals surface area contributed by atoms with Gasteiger partial charge in [-0.2, -0.15) is 4.68 Å². The van der Waals surface area contributed by atoms with Crippen LogP contribution < -0.4 is 5.73 Å². The summed E-state index contributed by atoms with van der Waals surface area (Å²) in [5, 5.41) is 11.1. The van der Waals surface area contributed by atoms with Crippen LogP contribution in [0, 0.1) is 12.7 Å². The van der Waals surface area contributed by atoms with E-state index in [2.05, 4.69) is 30.5 Å². The van der Waals surface area contributed by atoms with Gasteiger partial charge in [-0.1, -0.05) is 11.6 Å². The first-order valence-electron chi connectivity index (χ1n) is 11.4. The highest BCUT2D eigenvalue weighted by Gasteiger charge is 2.42. The van der Waals surface area contributed by atoms with Crippen molar-refractivity contribution in [3.8, 4) is 16.9 Å². The lowest BCUT2D eigenvalue weighted by molar-refractivity contribution is -0.129. The normalized spacial score (nSPS) is 19.5. The number of carbonyl (C=O) groups excluding carboxylic acids is 1. The molecule has 0 aliphatic carbocycles. The summed E-state index contributed by atoms with van der Waals surface area (Å²) < 4.78 is 16.6. The molecule has 0 radical (unpaired) electrons. The Labute approximate surface area is 210 Å². The maximum absolute atomic E-state index is 15.3. The highest BCUT2D eigenvalue weighted by Crippen LogP contribution is 2.44. The number of halogens is 2. The molecule has 1 aromatic carbocycles. The van der Waals surface area contributed by atoms with E-state index in [1.165, 1.54) is 23.2 Å². The third-order valence-corrected chi connectivity index (χ3v) is 7.24. The molecule has 0 saturated carbocycles. The Morgan fingerprint density at radius 3 is 2.89 bits per heavy atom. The molecule has 10 nitrogen and oxygen atoms in total. The Balaban J connectivity index is 1.34. The lowest BCUT2D eigenvalue weighted by Gasteiger charge is -2.33. The zero-order valence-electron chi connectivity index (χ0n) is 19.2. The lowest BCUT2D eigenvalue weighted by Crippen LogP contribution is -2.39. The second kappa shape index (κ2) is 8.52. The SMILES string of the molecule is Cc1c(-c2cnc([C@@H]3CCC4CC(c5c(-n6cnnn6)ccc(Cl)c5F)=CC(=O)N43)[nH]2)ccnc1N. The molecule has 36 heavy (non-hydrogen) atoms. The summed E-state index contributed by atoms with van der Waals surface area (Å²) in [6.07, 6.45) is 8.23. The van der Waals surface area contributed by atoms with Crippen LogP contribution in [0.15, 0.2) is 43.0 Å². The molecule has 1 fully saturated rings. The molecule has 2 aliphatic heterocycles. The number of hydrogen-bond donors (Lipinski definition) is 2. The van der Waals surface area contributed by atoms with Gasteiger partial charge in [0.25, 0.3) is 0 Å². The van der Waals surface area contributed by atoms with Crippen LogP contribution in [0.3, 0.4) is 0 Å². The van der Waals surface area contributed by atoms with Gasteiger partial charge in [0.15, 0.2) is 5.82 Å². The first-order valence-corrected chi connectivity index (χ1v) is 11.8. The Bertz CT molecular complexity index is 1510. The molecule has 12 heteroatoms. The first-order chi connectivity index (χ1) is 17.4. The number of aromatic amines is 1. The van der Waals surface area contributed by atoms with Crippen LogP contribution in [-0.2, 0) is 4.79 Å². The number of rotatable bonds is 4. The summed E-state index contributed by atoms with van der Waals surface area (Å²) in [6.45, 7) is 1.91. The van der Waals surface area contributed by atoms with E-state index in [4.69, 9.17) is 17.3 Å². The van der Waals surface area contributed by atoms with Gasteiger partial charge in [-0.15, -0.1) is 5.10 Å². The Morgan fingerprint density at radius 1 is 1.22 bits per heavy atom. The molecule has 4 aromatic rings. The molecule has 5 heterocycles. The maximum atomic E-state index is 15.3. The van der Waals surface area contributed by atoms with Crippen molar-refractivity contribution < 1.29 is 9.18 Å². The van der Waals surface area contributed by atoms with E-state index in [1.807, 2.05) is 17.9 Å². The minimum Gasteiger partial charge on any atom is -0.383 e. The number of pyridine rings is 1. The number of fused-ring (bicyclic) bond motifs is 1. The molecule has 3 N–H and O–H groups in total. The van der Waals surface area contributed by atoms with Crippen molar-refractivity contribution in [2.75, 3.05) is 5.73 Å². The van der Waals surface area contributed by atoms with E-state index in [0.29, 0.717) is 29.3 Å². The molecule has 2 atom stereocenters. The number of H-pyrrole nitrogens is 1. The van der Waals surface area contributed by atoms with Crippen molar-refractivity contribution in [2.45, 2.75) is 38.3 Å². The van der Waals surface area contributed by atoms with Crippen LogP contribution in [0.1, 0.15) is 42.3 Å². The molecule has 1 unspecified atom stereocenters. The highest BCUT2D eigenvalue weighted by atomic mass is 35.5. The predicted octanol–water partition coefficient (Wildman–Crippen LogP) is 3.65. The topological polar surface area (TPSA) is 132 Å². The molecule has 2 aliphatic rings. The molecule has 6 rings (SSSR count). The van der Waals surface area contributed by atoms with E-state index in [1.54, 1.807) is 18.5 Å². The van der Waals surface area contributed by atoms with Crippen molar-refractivity contribution in [1.82, 2.24) is 40.1 Å². The average molecular weight is 506 g/mol. The van der Waals surface area contributed by atoms with Crippen LogP contribution in [0.5, 0.6) is 0 Å². The number of nitrogens with zero attached hydrogens (tertiary/aromatic N) is 7. The highest BCUT2D eigenvalue weighted by molar-refractivity contribution is 6.31. The fourth-order valence-electron chi connectivity index (χ4n) is 5.19. The standard InChI is InChI=1S/C24H21ClFN9O/c1-12-15(6-7-28-23(12)27)17-10-29-24(31-17)19-4-2-14-8-13(9-20(36)35(14)19)21-18(34-11-30-32-33-34)5-3-16(25)22(21)26/h3,5-7,9-11,14,19H,2,4,8H2,1H3,(H2,27,28)(H,29,31)/t14?,19-/m0/s1. The summed E-state index contributed by atoms with van der Waals surface area (Å²) in [6, 6.07) is 4.66. The number of imidazole rings is 1. The molecule has 1 amide bonds. The summed E-state index contributed by atoms with van der Waals surface area (Å²) in [5.74, 6) is 0.362. The van der Waals surface area contributed by atoms with Crippen molar-refractivity contribution in [1.29, 1.82) is 0 Å². The number of aromatic nitrogens is 7. The average Bonchev–Trinajstić information content (AvgIpc) is 3.63. The lowest BCUT2D eigenvalue weighted by atomic mass is 9.92. The number of nitrogen functional groups attached to an aromatic ring is 1. The number of hydrogen-bond acceptors (Lipinski definition) is 7. The number of benzene rings is 1. The van der Waals surface area contributed by atoms with Gasteiger partial charge < -0.3 is 15.6 Å². The molecule has 0 spiro atoms. The van der Waals surface area contributed by atoms with E-state index < -0.39 is 5.82 Å². The Kier molecular flexibility index (Phi) is 5.29. The first kappa shape index (κ1) is 22.4. The summed E-state index contributed by atoms with van der Waals surface area (Å²) >= 11 is 6.11. The second-order valence-electron chi connectivity index (χ2n) is 8.93. The van der Waals surface area contributed by atoms with Crippen LogP contribution in [0.4, 0.5) is 10.2 Å². The van der Waals surface area contributed by atoms with Gasteiger partial charge in [0.1, 0.15) is 18.0 Å². The smallest absolute Gasteiger partial charge is 0.247 e. The summed E-state index contributed by atoms with van der Waals surface area (Å²) in [7, 11) is 0. The van der Waals surface area contributed by atoms with E-state index in [-0.39, 0.29) is 28.6 Å². The minimum absolute atomic E-state index is 0.0305. The van der Waals surface area contributed by atoms with Gasteiger partial charge in [-0.3, -0.25) is 4.79 Å². The molecule has 0 bridgehead atoms. The third-order valence-electron chi connectivity index (χ3n) is 6.94. The number of carbonyl (C=O) groups is 1.